The summed E-state index contributed by atoms with van der Waals surface area (Å²) >= 11 is 0. The number of aromatic nitrogens is 1. The fraction of sp³-hybridized carbons (Fsp3) is 0.346. The van der Waals surface area contributed by atoms with Crippen LogP contribution in [-0.4, -0.2) is 38.6 Å². The number of benzene rings is 2. The zero-order valence-corrected chi connectivity index (χ0v) is 21.7. The zero-order valence-electron chi connectivity index (χ0n) is 20.1. The summed E-state index contributed by atoms with van der Waals surface area (Å²) in [6.07, 6.45) is 3.82. The summed E-state index contributed by atoms with van der Waals surface area (Å²) in [6, 6.07) is 7.67. The van der Waals surface area contributed by atoms with E-state index < -0.39 is 0 Å². The van der Waals surface area contributed by atoms with Crippen molar-refractivity contribution in [1.29, 1.82) is 0 Å². The molecule has 0 atom stereocenters. The van der Waals surface area contributed by atoms with Crippen molar-refractivity contribution >= 4 is 27.1 Å². The lowest BCUT2D eigenvalue weighted by Crippen LogP contribution is -3.00. The Bertz CT molecular complexity index is 1320. The molecule has 2 aromatic heterocycles. The van der Waals surface area contributed by atoms with E-state index in [1.807, 2.05) is 62.7 Å². The Labute approximate surface area is 209 Å². The van der Waals surface area contributed by atoms with E-state index in [2.05, 4.69) is 0 Å². The molecule has 0 aliphatic rings. The van der Waals surface area contributed by atoms with Gasteiger partial charge < -0.3 is 45.8 Å². The average molecular weight is 532 g/mol. The Morgan fingerprint density at radius 3 is 1.97 bits per heavy atom. The molecule has 34 heavy (non-hydrogen) atoms. The highest BCUT2D eigenvalue weighted by molar-refractivity contribution is 6.07. The van der Waals surface area contributed by atoms with Crippen molar-refractivity contribution in [3.63, 3.8) is 0 Å². The summed E-state index contributed by atoms with van der Waals surface area (Å²) in [6.45, 7) is 9.59. The van der Waals surface area contributed by atoms with E-state index in [9.17, 15) is 5.11 Å². The van der Waals surface area contributed by atoms with Crippen LogP contribution in [0.1, 0.15) is 27.7 Å². The van der Waals surface area contributed by atoms with E-state index >= 15 is 0 Å². The molecule has 0 radical (unpaired) electrons. The van der Waals surface area contributed by atoms with Crippen molar-refractivity contribution in [2.45, 2.75) is 27.7 Å². The summed E-state index contributed by atoms with van der Waals surface area (Å²) < 4.78 is 31.5. The van der Waals surface area contributed by atoms with E-state index in [1.165, 1.54) is 7.11 Å². The second kappa shape index (κ2) is 10.9. The number of aromatic hydroxyl groups is 1. The van der Waals surface area contributed by atoms with Gasteiger partial charge >= 0.3 is 0 Å². The van der Waals surface area contributed by atoms with Crippen LogP contribution in [0.2, 0.25) is 0 Å². The fourth-order valence-corrected chi connectivity index (χ4v) is 4.15. The maximum absolute atomic E-state index is 10.7. The standard InChI is InChI=1S/C26H29NO6.BrH/c1-6-30-23-17-12-13-27-15-18-16(10-11-20(29-5)22(18)28)14-19(27)21(17)24(31-7-2)26(33-9-4)25(23)32-8-3;/h10-15H,6-9H2,1-5H3;1H. The van der Waals surface area contributed by atoms with Crippen LogP contribution in [0.3, 0.4) is 0 Å². The normalized spacial score (nSPS) is 10.9. The van der Waals surface area contributed by atoms with Crippen LogP contribution in [0.15, 0.2) is 36.7 Å². The summed E-state index contributed by atoms with van der Waals surface area (Å²) in [5.41, 5.74) is 0.887. The van der Waals surface area contributed by atoms with Gasteiger partial charge in [-0.2, -0.15) is 4.40 Å². The molecule has 0 aliphatic heterocycles. The van der Waals surface area contributed by atoms with Crippen LogP contribution >= 0.6 is 0 Å². The van der Waals surface area contributed by atoms with Crippen LogP contribution < -0.4 is 45.1 Å². The quantitative estimate of drug-likeness (QED) is 0.202. The molecule has 4 rings (SSSR count). The number of methoxy groups -OCH3 is 1. The highest BCUT2D eigenvalue weighted by atomic mass is 79.9. The summed E-state index contributed by atoms with van der Waals surface area (Å²) in [5.74, 6) is 2.84. The lowest BCUT2D eigenvalue weighted by molar-refractivity contribution is -0.509. The number of ether oxygens (including phenoxy) is 5. The van der Waals surface area contributed by atoms with Gasteiger partial charge in [0.15, 0.2) is 35.4 Å². The van der Waals surface area contributed by atoms with Gasteiger partial charge in [0.25, 0.3) is 0 Å². The highest BCUT2D eigenvalue weighted by Crippen LogP contribution is 2.52. The van der Waals surface area contributed by atoms with Crippen LogP contribution in [-0.2, 0) is 0 Å². The Kier molecular flexibility index (Phi) is 8.15. The number of rotatable bonds is 9. The predicted octanol–water partition coefficient (Wildman–Crippen LogP) is 2.04. The number of halogens is 1. The molecule has 2 heterocycles. The smallest absolute Gasteiger partial charge is 0.223 e. The first-order chi connectivity index (χ1) is 16.1. The number of hydrogen-bond acceptors (Lipinski definition) is 6. The third-order valence-corrected chi connectivity index (χ3v) is 5.44. The maximum atomic E-state index is 10.7. The monoisotopic (exact) mass is 531 g/mol. The van der Waals surface area contributed by atoms with Crippen LogP contribution in [0, 0.1) is 0 Å². The van der Waals surface area contributed by atoms with Gasteiger partial charge in [-0.3, -0.25) is 0 Å². The molecule has 7 nitrogen and oxygen atoms in total. The lowest BCUT2D eigenvalue weighted by Gasteiger charge is -2.21. The van der Waals surface area contributed by atoms with Crippen LogP contribution in [0.4, 0.5) is 0 Å². The third kappa shape index (κ3) is 4.22. The Balaban J connectivity index is 0.00000324. The Morgan fingerprint density at radius 2 is 1.35 bits per heavy atom. The summed E-state index contributed by atoms with van der Waals surface area (Å²) in [4.78, 5) is 0. The second-order valence-corrected chi connectivity index (χ2v) is 7.34. The van der Waals surface area contributed by atoms with Crippen molar-refractivity contribution in [2.24, 2.45) is 0 Å². The number of phenolic OH excluding ortho intramolecular Hbond substituents is 1. The number of pyridine rings is 2. The second-order valence-electron chi connectivity index (χ2n) is 7.34. The summed E-state index contributed by atoms with van der Waals surface area (Å²) in [7, 11) is 1.54. The largest absolute Gasteiger partial charge is 1.00 e. The molecule has 0 saturated heterocycles. The molecular weight excluding hydrogens is 502 g/mol. The number of nitrogens with zero attached hydrogens (tertiary/aromatic N) is 1. The first-order valence-corrected chi connectivity index (χ1v) is 11.3. The van der Waals surface area contributed by atoms with Gasteiger partial charge in [-0.05, 0) is 45.2 Å². The van der Waals surface area contributed by atoms with Crippen LogP contribution in [0.5, 0.6) is 34.5 Å². The van der Waals surface area contributed by atoms with Crippen molar-refractivity contribution < 1.29 is 50.2 Å². The molecule has 4 aromatic rings. The minimum Gasteiger partial charge on any atom is -1.00 e. The van der Waals surface area contributed by atoms with Gasteiger partial charge in [0.2, 0.25) is 17.0 Å². The van der Waals surface area contributed by atoms with E-state index in [4.69, 9.17) is 23.7 Å². The molecule has 0 saturated carbocycles. The molecule has 0 fully saturated rings. The predicted molar refractivity (Wildman–Crippen MR) is 128 cm³/mol. The van der Waals surface area contributed by atoms with Crippen LogP contribution in [0.25, 0.3) is 27.1 Å². The van der Waals surface area contributed by atoms with Crippen molar-refractivity contribution in [2.75, 3.05) is 33.5 Å². The van der Waals surface area contributed by atoms with Crippen molar-refractivity contribution in [3.05, 3.63) is 36.7 Å². The van der Waals surface area contributed by atoms with E-state index in [1.54, 1.807) is 6.07 Å². The minimum absolute atomic E-state index is 0. The highest BCUT2D eigenvalue weighted by Gasteiger charge is 2.28. The van der Waals surface area contributed by atoms with E-state index in [0.29, 0.717) is 60.6 Å². The molecule has 0 unspecified atom stereocenters. The van der Waals surface area contributed by atoms with E-state index in [0.717, 1.165) is 21.7 Å². The molecule has 0 amide bonds. The number of hydrogen-bond donors (Lipinski definition) is 1. The SMILES string of the molecule is CCOc1c(OCC)c(OCC)c2c(cc[n+]3cc4c(O)c(OC)ccc4cc23)c1OCC.[Br-]. The molecule has 8 heteroatoms. The molecule has 0 bridgehead atoms. The van der Waals surface area contributed by atoms with Crippen molar-refractivity contribution in [1.82, 2.24) is 0 Å². The van der Waals surface area contributed by atoms with Gasteiger partial charge in [-0.25, -0.2) is 0 Å². The molecular formula is C26H30BrNO6. The van der Waals surface area contributed by atoms with Gasteiger partial charge in [0.1, 0.15) is 5.39 Å². The molecule has 1 N–H and O–H groups in total. The molecule has 0 spiro atoms. The Morgan fingerprint density at radius 1 is 0.765 bits per heavy atom. The molecule has 182 valence electrons. The molecule has 0 aliphatic carbocycles. The fourth-order valence-electron chi connectivity index (χ4n) is 4.15. The van der Waals surface area contributed by atoms with E-state index in [-0.39, 0.29) is 22.7 Å². The molecule has 2 aromatic carbocycles. The zero-order chi connectivity index (χ0) is 23.5. The van der Waals surface area contributed by atoms with Crippen molar-refractivity contribution in [3.8, 4) is 34.5 Å². The first-order valence-electron chi connectivity index (χ1n) is 11.3. The third-order valence-electron chi connectivity index (χ3n) is 5.44. The van der Waals surface area contributed by atoms with Gasteiger partial charge in [0, 0.05) is 17.5 Å². The first kappa shape index (κ1) is 25.5. The van der Waals surface area contributed by atoms with Gasteiger partial charge in [-0.15, -0.1) is 0 Å². The Hall–Kier alpha value is -3.13. The lowest BCUT2D eigenvalue weighted by atomic mass is 10.0. The van der Waals surface area contributed by atoms with Gasteiger partial charge in [-0.1, -0.05) is 0 Å². The maximum Gasteiger partial charge on any atom is 0.223 e. The summed E-state index contributed by atoms with van der Waals surface area (Å²) in [5, 5.41) is 13.9. The topological polar surface area (TPSA) is 70.5 Å². The van der Waals surface area contributed by atoms with Gasteiger partial charge in [0.05, 0.1) is 38.9 Å². The average Bonchev–Trinajstić information content (AvgIpc) is 2.82. The number of phenols is 1. The number of fused-ring (bicyclic) bond motifs is 4. The minimum atomic E-state index is 0.